The van der Waals surface area contributed by atoms with Crippen LogP contribution in [0.15, 0.2) is 12.3 Å². The zero-order chi connectivity index (χ0) is 12.0. The molecule has 2 unspecified atom stereocenters. The Balaban J connectivity index is 1.99. The van der Waals surface area contributed by atoms with E-state index in [1.54, 1.807) is 0 Å². The van der Waals surface area contributed by atoms with E-state index in [1.807, 2.05) is 0 Å². The second-order valence-electron chi connectivity index (χ2n) is 6.43. The molecule has 0 aliphatic heterocycles. The van der Waals surface area contributed by atoms with Gasteiger partial charge in [-0.15, -0.1) is 0 Å². The molecule has 17 heavy (non-hydrogen) atoms. The molecule has 3 rings (SSSR count). The highest BCUT2D eigenvalue weighted by Crippen LogP contribution is 2.47. The van der Waals surface area contributed by atoms with Crippen molar-refractivity contribution < 1.29 is 5.11 Å². The van der Waals surface area contributed by atoms with Crippen molar-refractivity contribution in [1.82, 2.24) is 4.57 Å². The van der Waals surface area contributed by atoms with Crippen LogP contribution in [0.1, 0.15) is 69.4 Å². The smallest absolute Gasteiger partial charge is 0.0807 e. The lowest BCUT2D eigenvalue weighted by Gasteiger charge is -2.31. The quantitative estimate of drug-likeness (QED) is 0.787. The summed E-state index contributed by atoms with van der Waals surface area (Å²) in [5.41, 5.74) is 3.01. The fourth-order valence-corrected chi connectivity index (χ4v) is 3.81. The molecule has 1 fully saturated rings. The molecular weight excluding hydrogens is 210 g/mol. The minimum Gasteiger partial charge on any atom is -0.388 e. The minimum atomic E-state index is -0.218. The third-order valence-electron chi connectivity index (χ3n) is 4.85. The third kappa shape index (κ3) is 1.74. The zero-order valence-electron chi connectivity index (χ0n) is 10.9. The molecule has 1 heterocycles. The van der Waals surface area contributed by atoms with Crippen LogP contribution in [0, 0.1) is 5.41 Å². The van der Waals surface area contributed by atoms with Crippen molar-refractivity contribution in [2.75, 3.05) is 0 Å². The number of fused-ring (bicyclic) bond motifs is 1. The summed E-state index contributed by atoms with van der Waals surface area (Å²) < 4.78 is 2.48. The van der Waals surface area contributed by atoms with Crippen LogP contribution in [-0.4, -0.2) is 9.67 Å². The molecule has 2 atom stereocenters. The first-order valence-electron chi connectivity index (χ1n) is 6.97. The molecule has 1 saturated carbocycles. The van der Waals surface area contributed by atoms with Gasteiger partial charge in [0, 0.05) is 23.5 Å². The van der Waals surface area contributed by atoms with Crippen molar-refractivity contribution in [1.29, 1.82) is 0 Å². The molecule has 2 aliphatic rings. The Kier molecular flexibility index (Phi) is 2.58. The van der Waals surface area contributed by atoms with Crippen LogP contribution in [0.4, 0.5) is 0 Å². The first-order valence-corrected chi connectivity index (χ1v) is 6.97. The molecule has 0 radical (unpaired) electrons. The molecule has 2 heteroatoms. The van der Waals surface area contributed by atoms with Crippen molar-refractivity contribution in [3.8, 4) is 0 Å². The molecular formula is C15H23NO. The zero-order valence-corrected chi connectivity index (χ0v) is 10.9. The van der Waals surface area contributed by atoms with Crippen molar-refractivity contribution in [2.45, 2.75) is 64.5 Å². The van der Waals surface area contributed by atoms with Gasteiger partial charge in [0.2, 0.25) is 0 Å². The largest absolute Gasteiger partial charge is 0.388 e. The summed E-state index contributed by atoms with van der Waals surface area (Å²) in [6.07, 6.45) is 9.17. The maximum Gasteiger partial charge on any atom is 0.0807 e. The van der Waals surface area contributed by atoms with Gasteiger partial charge in [-0.25, -0.2) is 0 Å². The Morgan fingerprint density at radius 1 is 1.29 bits per heavy atom. The van der Waals surface area contributed by atoms with Gasteiger partial charge in [-0.2, -0.15) is 0 Å². The summed E-state index contributed by atoms with van der Waals surface area (Å²) in [6, 6.07) is 2.78. The van der Waals surface area contributed by atoms with Crippen LogP contribution in [-0.2, 0) is 6.42 Å². The summed E-state index contributed by atoms with van der Waals surface area (Å²) in [4.78, 5) is 0. The van der Waals surface area contributed by atoms with E-state index in [0.717, 1.165) is 19.3 Å². The number of nitrogens with zero attached hydrogens (tertiary/aromatic N) is 1. The van der Waals surface area contributed by atoms with E-state index in [0.29, 0.717) is 11.5 Å². The fourth-order valence-electron chi connectivity index (χ4n) is 3.81. The van der Waals surface area contributed by atoms with Crippen LogP contribution in [0.25, 0.3) is 0 Å². The molecule has 1 aromatic heterocycles. The fraction of sp³-hybridized carbons (Fsp3) is 0.733. The summed E-state index contributed by atoms with van der Waals surface area (Å²) in [6.45, 7) is 4.77. The van der Waals surface area contributed by atoms with E-state index >= 15 is 0 Å². The Hall–Kier alpha value is -0.760. The van der Waals surface area contributed by atoms with Gasteiger partial charge in [0.15, 0.2) is 0 Å². The topological polar surface area (TPSA) is 25.2 Å². The van der Waals surface area contributed by atoms with Crippen molar-refractivity contribution in [2.24, 2.45) is 5.41 Å². The monoisotopic (exact) mass is 233 g/mol. The van der Waals surface area contributed by atoms with Gasteiger partial charge >= 0.3 is 0 Å². The number of aromatic nitrogens is 1. The number of aliphatic hydroxyl groups is 1. The Labute approximate surface area is 104 Å². The standard InChI is InChI=1S/C15H23NO/c1-15(2)9-4-7-14(15)16-10-8-11-12(16)5-3-6-13(11)17/h8,10,13-14,17H,3-7,9H2,1-2H3. The predicted molar refractivity (Wildman–Crippen MR) is 69.0 cm³/mol. The van der Waals surface area contributed by atoms with Crippen molar-refractivity contribution in [3.05, 3.63) is 23.5 Å². The van der Waals surface area contributed by atoms with Gasteiger partial charge in [-0.05, 0) is 43.6 Å². The van der Waals surface area contributed by atoms with E-state index in [4.69, 9.17) is 0 Å². The maximum atomic E-state index is 10.0. The van der Waals surface area contributed by atoms with Crippen LogP contribution < -0.4 is 0 Å². The first kappa shape index (κ1) is 11.3. The molecule has 2 nitrogen and oxygen atoms in total. The van der Waals surface area contributed by atoms with Gasteiger partial charge in [-0.3, -0.25) is 0 Å². The third-order valence-corrected chi connectivity index (χ3v) is 4.85. The summed E-state index contributed by atoms with van der Waals surface area (Å²) >= 11 is 0. The Morgan fingerprint density at radius 2 is 2.12 bits per heavy atom. The van der Waals surface area contributed by atoms with Crippen LogP contribution in [0.2, 0.25) is 0 Å². The Bertz CT molecular complexity index is 419. The molecule has 2 aliphatic carbocycles. The highest BCUT2D eigenvalue weighted by atomic mass is 16.3. The Morgan fingerprint density at radius 3 is 2.82 bits per heavy atom. The second-order valence-corrected chi connectivity index (χ2v) is 6.43. The molecule has 0 aromatic carbocycles. The molecule has 1 aromatic rings. The lowest BCUT2D eigenvalue weighted by atomic mass is 9.86. The predicted octanol–water partition coefficient (Wildman–Crippen LogP) is 3.61. The van der Waals surface area contributed by atoms with E-state index in [2.05, 4.69) is 30.7 Å². The highest BCUT2D eigenvalue weighted by molar-refractivity contribution is 5.28. The highest BCUT2D eigenvalue weighted by Gasteiger charge is 2.37. The molecule has 0 amide bonds. The number of hydrogen-bond acceptors (Lipinski definition) is 1. The van der Waals surface area contributed by atoms with E-state index in [1.165, 1.54) is 30.5 Å². The molecule has 1 N–H and O–H groups in total. The number of rotatable bonds is 1. The van der Waals surface area contributed by atoms with Crippen LogP contribution in [0.5, 0.6) is 0 Å². The molecule has 0 bridgehead atoms. The summed E-state index contributed by atoms with van der Waals surface area (Å²) in [7, 11) is 0. The molecule has 0 saturated heterocycles. The van der Waals surface area contributed by atoms with Gasteiger partial charge in [0.25, 0.3) is 0 Å². The van der Waals surface area contributed by atoms with E-state index < -0.39 is 0 Å². The van der Waals surface area contributed by atoms with Crippen LogP contribution in [0.3, 0.4) is 0 Å². The maximum absolute atomic E-state index is 10.0. The number of hydrogen-bond donors (Lipinski definition) is 1. The molecule has 0 spiro atoms. The van der Waals surface area contributed by atoms with E-state index in [-0.39, 0.29) is 6.10 Å². The summed E-state index contributed by atoms with van der Waals surface area (Å²) in [5.74, 6) is 0. The number of aliphatic hydroxyl groups excluding tert-OH is 1. The summed E-state index contributed by atoms with van der Waals surface area (Å²) in [5, 5.41) is 10.0. The normalized spacial score (nSPS) is 31.5. The van der Waals surface area contributed by atoms with Crippen LogP contribution >= 0.6 is 0 Å². The second kappa shape index (κ2) is 3.88. The van der Waals surface area contributed by atoms with Gasteiger partial charge in [0.1, 0.15) is 0 Å². The van der Waals surface area contributed by atoms with Crippen molar-refractivity contribution in [3.63, 3.8) is 0 Å². The average molecular weight is 233 g/mol. The SMILES string of the molecule is CC1(C)CCCC1n1ccc2c1CCCC2O. The lowest BCUT2D eigenvalue weighted by molar-refractivity contribution is 0.153. The van der Waals surface area contributed by atoms with Gasteiger partial charge in [-0.1, -0.05) is 20.3 Å². The van der Waals surface area contributed by atoms with E-state index in [9.17, 15) is 5.11 Å². The minimum absolute atomic E-state index is 0.218. The average Bonchev–Trinajstić information content (AvgIpc) is 2.82. The van der Waals surface area contributed by atoms with Gasteiger partial charge in [0.05, 0.1) is 6.10 Å². The van der Waals surface area contributed by atoms with Gasteiger partial charge < -0.3 is 9.67 Å². The first-order chi connectivity index (χ1) is 8.09. The lowest BCUT2D eigenvalue weighted by Crippen LogP contribution is -2.24. The van der Waals surface area contributed by atoms with Crippen molar-refractivity contribution >= 4 is 0 Å². The molecule has 94 valence electrons.